The number of nitrogens with one attached hydrogen (secondary N) is 1. The van der Waals surface area contributed by atoms with Crippen LogP contribution in [0.3, 0.4) is 0 Å². The van der Waals surface area contributed by atoms with Crippen LogP contribution in [-0.4, -0.2) is 19.4 Å². The molecule has 0 bridgehead atoms. The molecule has 0 saturated heterocycles. The van der Waals surface area contributed by atoms with Crippen molar-refractivity contribution in [3.05, 3.63) is 28.7 Å². The Bertz CT molecular complexity index is 465. The van der Waals surface area contributed by atoms with Crippen molar-refractivity contribution in [2.75, 3.05) is 11.0 Å². The van der Waals surface area contributed by atoms with E-state index in [2.05, 4.69) is 43.2 Å². The molecule has 0 radical (unpaired) electrons. The highest BCUT2D eigenvalue weighted by Gasteiger charge is 2.12. The second-order valence-electron chi connectivity index (χ2n) is 3.96. The summed E-state index contributed by atoms with van der Waals surface area (Å²) in [6.45, 7) is 0.510. The summed E-state index contributed by atoms with van der Waals surface area (Å²) in [4.78, 5) is 0.309. The van der Waals surface area contributed by atoms with Gasteiger partial charge in [0.15, 0.2) is 0 Å². The van der Waals surface area contributed by atoms with Crippen molar-refractivity contribution < 1.29 is 8.42 Å². The predicted octanol–water partition coefficient (Wildman–Crippen LogP) is 3.72. The van der Waals surface area contributed by atoms with E-state index in [4.69, 9.17) is 0 Å². The van der Waals surface area contributed by atoms with Gasteiger partial charge in [0.05, 0.1) is 4.90 Å². The maximum Gasteiger partial charge on any atom is 0.240 e. The largest absolute Gasteiger partial charge is 0.240 e. The van der Waals surface area contributed by atoms with Gasteiger partial charge in [-0.05, 0) is 35.5 Å². The van der Waals surface area contributed by atoms with Crippen molar-refractivity contribution >= 4 is 48.5 Å². The molecule has 102 valence electrons. The minimum Gasteiger partial charge on any atom is -0.211 e. The van der Waals surface area contributed by atoms with Crippen LogP contribution in [0.15, 0.2) is 33.6 Å². The van der Waals surface area contributed by atoms with E-state index in [0.29, 0.717) is 11.4 Å². The molecule has 0 saturated carbocycles. The number of sulfonamides is 1. The summed E-state index contributed by atoms with van der Waals surface area (Å²) in [5.41, 5.74) is 0. The molecule has 0 unspecified atom stereocenters. The van der Waals surface area contributed by atoms with E-state index in [0.717, 1.165) is 17.3 Å². The van der Waals surface area contributed by atoms with Crippen molar-refractivity contribution in [3.63, 3.8) is 0 Å². The molecule has 1 aromatic rings. The molecule has 0 amide bonds. The van der Waals surface area contributed by atoms with Crippen LogP contribution in [-0.2, 0) is 10.0 Å². The maximum atomic E-state index is 11.9. The fraction of sp³-hybridized carbons (Fsp3) is 0.500. The Morgan fingerprint density at radius 2 is 1.89 bits per heavy atom. The number of hydrogen-bond donors (Lipinski definition) is 1. The lowest BCUT2D eigenvalue weighted by Crippen LogP contribution is -2.24. The molecule has 3 nitrogen and oxygen atoms in total. The highest BCUT2D eigenvalue weighted by Crippen LogP contribution is 2.15. The highest BCUT2D eigenvalue weighted by atomic mass is 127. The fourth-order valence-electron chi connectivity index (χ4n) is 1.50. The average molecular weight is 446 g/mol. The molecular weight excluding hydrogens is 429 g/mol. The van der Waals surface area contributed by atoms with E-state index in [9.17, 15) is 8.42 Å². The third kappa shape index (κ3) is 5.99. The Hall–Kier alpha value is 0.340. The van der Waals surface area contributed by atoms with Crippen molar-refractivity contribution in [1.82, 2.24) is 4.72 Å². The van der Waals surface area contributed by atoms with Crippen molar-refractivity contribution in [2.24, 2.45) is 0 Å². The van der Waals surface area contributed by atoms with Gasteiger partial charge < -0.3 is 0 Å². The van der Waals surface area contributed by atoms with Gasteiger partial charge >= 0.3 is 0 Å². The van der Waals surface area contributed by atoms with E-state index in [-0.39, 0.29) is 0 Å². The second kappa shape index (κ2) is 8.50. The first-order valence-electron chi connectivity index (χ1n) is 5.87. The smallest absolute Gasteiger partial charge is 0.211 e. The van der Waals surface area contributed by atoms with Crippen LogP contribution in [0.4, 0.5) is 0 Å². The van der Waals surface area contributed by atoms with Gasteiger partial charge in [-0.2, -0.15) is 0 Å². The third-order valence-electron chi connectivity index (χ3n) is 2.46. The molecule has 0 fully saturated rings. The molecule has 6 heteroatoms. The monoisotopic (exact) mass is 445 g/mol. The van der Waals surface area contributed by atoms with Crippen LogP contribution in [0.5, 0.6) is 0 Å². The molecule has 0 aromatic heterocycles. The lowest BCUT2D eigenvalue weighted by Gasteiger charge is -2.06. The van der Waals surface area contributed by atoms with Crippen LogP contribution < -0.4 is 4.72 Å². The van der Waals surface area contributed by atoms with Gasteiger partial charge in [-0.1, -0.05) is 57.4 Å². The molecule has 0 aliphatic carbocycles. The van der Waals surface area contributed by atoms with Gasteiger partial charge in [0.2, 0.25) is 10.0 Å². The standard InChI is InChI=1S/C12H17BrINO2S/c13-11-6-5-7-12(10-11)18(16,17)15-9-4-2-1-3-8-14/h5-7,10,15H,1-4,8-9H2. The summed E-state index contributed by atoms with van der Waals surface area (Å²) >= 11 is 5.63. The fourth-order valence-corrected chi connectivity index (χ4v) is 3.71. The van der Waals surface area contributed by atoms with Gasteiger partial charge in [-0.15, -0.1) is 0 Å². The number of rotatable bonds is 8. The van der Waals surface area contributed by atoms with E-state index in [1.807, 2.05) is 6.07 Å². The Balaban J connectivity index is 2.41. The van der Waals surface area contributed by atoms with E-state index in [1.165, 1.54) is 17.3 Å². The lowest BCUT2D eigenvalue weighted by atomic mass is 10.2. The third-order valence-corrected chi connectivity index (χ3v) is 5.17. The first kappa shape index (κ1) is 16.4. The zero-order valence-corrected chi connectivity index (χ0v) is 14.6. The molecule has 18 heavy (non-hydrogen) atoms. The first-order chi connectivity index (χ1) is 8.56. The predicted molar refractivity (Wildman–Crippen MR) is 86.7 cm³/mol. The van der Waals surface area contributed by atoms with E-state index in [1.54, 1.807) is 18.2 Å². The summed E-state index contributed by atoms with van der Waals surface area (Å²) < 4.78 is 28.4. The van der Waals surface area contributed by atoms with Crippen molar-refractivity contribution in [1.29, 1.82) is 0 Å². The van der Waals surface area contributed by atoms with E-state index < -0.39 is 10.0 Å². The Labute approximate surface area is 131 Å². The number of unbranched alkanes of at least 4 members (excludes halogenated alkanes) is 3. The highest BCUT2D eigenvalue weighted by molar-refractivity contribution is 14.1. The molecular formula is C12H17BrINO2S. The molecule has 0 spiro atoms. The van der Waals surface area contributed by atoms with Crippen molar-refractivity contribution in [2.45, 2.75) is 30.6 Å². The molecule has 1 N–H and O–H groups in total. The van der Waals surface area contributed by atoms with E-state index >= 15 is 0 Å². The lowest BCUT2D eigenvalue weighted by molar-refractivity contribution is 0.574. The first-order valence-corrected chi connectivity index (χ1v) is 9.67. The quantitative estimate of drug-likeness (QED) is 0.376. The van der Waals surface area contributed by atoms with Crippen LogP contribution in [0.2, 0.25) is 0 Å². The number of alkyl halides is 1. The minimum absolute atomic E-state index is 0.309. The van der Waals surface area contributed by atoms with Crippen LogP contribution in [0.25, 0.3) is 0 Å². The number of benzene rings is 1. The summed E-state index contributed by atoms with van der Waals surface area (Å²) in [7, 11) is -3.36. The van der Waals surface area contributed by atoms with Crippen molar-refractivity contribution in [3.8, 4) is 0 Å². The van der Waals surface area contributed by atoms with Crippen LogP contribution in [0.1, 0.15) is 25.7 Å². The normalized spacial score (nSPS) is 11.7. The molecule has 0 heterocycles. The van der Waals surface area contributed by atoms with Gasteiger partial charge in [0.25, 0.3) is 0 Å². The number of hydrogen-bond acceptors (Lipinski definition) is 2. The van der Waals surface area contributed by atoms with Crippen LogP contribution >= 0.6 is 38.5 Å². The van der Waals surface area contributed by atoms with Crippen LogP contribution in [0, 0.1) is 0 Å². The Morgan fingerprint density at radius 1 is 1.17 bits per heavy atom. The second-order valence-corrected chi connectivity index (χ2v) is 7.72. The Morgan fingerprint density at radius 3 is 2.56 bits per heavy atom. The zero-order chi connectivity index (χ0) is 13.4. The molecule has 0 aliphatic heterocycles. The molecule has 0 atom stereocenters. The summed E-state index contributed by atoms with van der Waals surface area (Å²) in [6.07, 6.45) is 4.34. The Kier molecular flexibility index (Phi) is 7.74. The number of halogens is 2. The molecule has 1 rings (SSSR count). The summed E-state index contributed by atoms with van der Waals surface area (Å²) in [6, 6.07) is 6.74. The molecule has 0 aliphatic rings. The minimum atomic E-state index is -3.36. The summed E-state index contributed by atoms with van der Waals surface area (Å²) in [5.74, 6) is 0. The van der Waals surface area contributed by atoms with Gasteiger partial charge in [0.1, 0.15) is 0 Å². The zero-order valence-electron chi connectivity index (χ0n) is 10.0. The summed E-state index contributed by atoms with van der Waals surface area (Å²) in [5, 5.41) is 0. The average Bonchev–Trinajstić information content (AvgIpc) is 2.33. The van der Waals surface area contributed by atoms with Gasteiger partial charge in [0, 0.05) is 11.0 Å². The topological polar surface area (TPSA) is 46.2 Å². The maximum absolute atomic E-state index is 11.9. The van der Waals surface area contributed by atoms with Gasteiger partial charge in [-0.3, -0.25) is 0 Å². The molecule has 1 aromatic carbocycles. The van der Waals surface area contributed by atoms with Gasteiger partial charge in [-0.25, -0.2) is 13.1 Å². The SMILES string of the molecule is O=S(=O)(NCCCCCCI)c1cccc(Br)c1.